The SMILES string of the molecule is O=C1CC[C@H](Nc2ccc(N3CCC(N4CC(N5CCC(COc6cc(F)c7c(=O)[nH]c(COC8CCOCC8)nc7c6)CC5)C4)CC3)c(F)c2)C(=O)N1. The number of nitrogens with one attached hydrogen (secondary N) is 3. The van der Waals surface area contributed by atoms with Gasteiger partial charge in [-0.25, -0.2) is 13.8 Å². The predicted molar refractivity (Wildman–Crippen MR) is 198 cm³/mol. The zero-order chi connectivity index (χ0) is 37.2. The number of halogens is 2. The number of carbonyl (C=O) groups excluding carboxylic acids is 2. The molecule has 1 aromatic heterocycles. The standard InChI is InChI=1S/C39H49F2N7O6/c40-30-17-25(42-32-2-4-36(49)45-38(32)50)1-3-34(30)47-13-7-26(8-14-47)48-20-27(21-48)46-11-5-24(6-12-46)22-53-29-18-31(41)37-33(19-29)43-35(44-39(37)51)23-54-28-9-15-52-16-10-28/h1,3,17-19,24,26-28,32,42H,2,4-16,20-23H2,(H,43,44,51)(H,45,49,50)/t32-/m0/s1. The summed E-state index contributed by atoms with van der Waals surface area (Å²) in [5.41, 5.74) is 0.843. The molecule has 15 heteroatoms. The Hall–Kier alpha value is -4.18. The summed E-state index contributed by atoms with van der Waals surface area (Å²) in [6, 6.07) is 8.41. The van der Waals surface area contributed by atoms with Crippen molar-refractivity contribution < 1.29 is 32.6 Å². The second kappa shape index (κ2) is 16.3. The van der Waals surface area contributed by atoms with Crippen molar-refractivity contribution >= 4 is 34.1 Å². The minimum absolute atomic E-state index is 0.0507. The van der Waals surface area contributed by atoms with Gasteiger partial charge in [-0.2, -0.15) is 0 Å². The Morgan fingerprint density at radius 1 is 0.870 bits per heavy atom. The number of rotatable bonds is 11. The monoisotopic (exact) mass is 749 g/mol. The van der Waals surface area contributed by atoms with Crippen LogP contribution in [0.3, 0.4) is 0 Å². The van der Waals surface area contributed by atoms with Crippen molar-refractivity contribution in [3.8, 4) is 5.75 Å². The lowest BCUT2D eigenvalue weighted by molar-refractivity contribution is -0.133. The molecule has 1 atom stereocenters. The normalized spacial score (nSPS) is 23.1. The third-order valence-electron chi connectivity index (χ3n) is 11.8. The number of likely N-dealkylation sites (tertiary alicyclic amines) is 2. The van der Waals surface area contributed by atoms with Crippen molar-refractivity contribution in [3.63, 3.8) is 0 Å². The third kappa shape index (κ3) is 8.38. The van der Waals surface area contributed by atoms with Gasteiger partial charge < -0.3 is 29.4 Å². The highest BCUT2D eigenvalue weighted by Gasteiger charge is 2.38. The lowest BCUT2D eigenvalue weighted by Crippen LogP contribution is -2.64. The van der Waals surface area contributed by atoms with Crippen molar-refractivity contribution in [2.45, 2.75) is 82.2 Å². The lowest BCUT2D eigenvalue weighted by Gasteiger charge is -2.52. The van der Waals surface area contributed by atoms with E-state index < -0.39 is 17.4 Å². The molecule has 0 saturated carbocycles. The fraction of sp³-hybridized carbons (Fsp3) is 0.590. The van der Waals surface area contributed by atoms with E-state index in [1.54, 1.807) is 18.2 Å². The van der Waals surface area contributed by atoms with Gasteiger partial charge in [0.15, 0.2) is 0 Å². The Balaban J connectivity index is 0.756. The van der Waals surface area contributed by atoms with Gasteiger partial charge in [-0.05, 0) is 82.2 Å². The second-order valence-electron chi connectivity index (χ2n) is 15.4. The lowest BCUT2D eigenvalue weighted by atomic mass is 9.92. The van der Waals surface area contributed by atoms with E-state index in [9.17, 15) is 14.4 Å². The van der Waals surface area contributed by atoms with Crippen molar-refractivity contribution in [1.29, 1.82) is 0 Å². The number of hydrogen-bond acceptors (Lipinski definition) is 11. The van der Waals surface area contributed by atoms with E-state index in [2.05, 4.69) is 35.3 Å². The smallest absolute Gasteiger partial charge is 0.261 e. The Labute approximate surface area is 312 Å². The van der Waals surface area contributed by atoms with Crippen LogP contribution in [0.5, 0.6) is 5.75 Å². The van der Waals surface area contributed by atoms with Crippen molar-refractivity contribution in [2.75, 3.05) is 69.3 Å². The molecule has 290 valence electrons. The maximum Gasteiger partial charge on any atom is 0.261 e. The topological polar surface area (TPSA) is 141 Å². The number of amides is 2. The average Bonchev–Trinajstić information content (AvgIpc) is 3.15. The quantitative estimate of drug-likeness (QED) is 0.248. The zero-order valence-corrected chi connectivity index (χ0v) is 30.5. The number of imide groups is 1. The minimum atomic E-state index is -0.648. The molecule has 0 spiro atoms. The Morgan fingerprint density at radius 2 is 1.65 bits per heavy atom. The maximum absolute atomic E-state index is 15.2. The van der Waals surface area contributed by atoms with Crippen LogP contribution in [0.25, 0.3) is 10.9 Å². The molecule has 8 rings (SSSR count). The number of ether oxygens (including phenoxy) is 3. The van der Waals surface area contributed by atoms with E-state index in [1.165, 1.54) is 12.1 Å². The molecule has 0 radical (unpaired) electrons. The predicted octanol–water partition coefficient (Wildman–Crippen LogP) is 3.56. The number of aromatic amines is 1. The largest absolute Gasteiger partial charge is 0.493 e. The summed E-state index contributed by atoms with van der Waals surface area (Å²) in [5, 5.41) is 5.30. The molecule has 5 fully saturated rings. The number of nitrogens with zero attached hydrogens (tertiary/aromatic N) is 4. The maximum atomic E-state index is 15.2. The summed E-state index contributed by atoms with van der Waals surface area (Å²) in [6.07, 6.45) is 6.26. The van der Waals surface area contributed by atoms with Gasteiger partial charge in [0, 0.05) is 75.7 Å². The summed E-state index contributed by atoms with van der Waals surface area (Å²) < 4.78 is 47.5. The molecular weight excluding hydrogens is 700 g/mol. The van der Waals surface area contributed by atoms with E-state index in [4.69, 9.17) is 14.2 Å². The number of anilines is 2. The average molecular weight is 750 g/mol. The van der Waals surface area contributed by atoms with Crippen LogP contribution >= 0.6 is 0 Å². The molecule has 3 aromatic rings. The van der Waals surface area contributed by atoms with E-state index in [0.717, 1.165) is 77.8 Å². The van der Waals surface area contributed by atoms with Crippen LogP contribution in [0.2, 0.25) is 0 Å². The highest BCUT2D eigenvalue weighted by molar-refractivity contribution is 6.01. The number of fused-ring (bicyclic) bond motifs is 1. The highest BCUT2D eigenvalue weighted by atomic mass is 19.1. The number of aromatic nitrogens is 2. The molecule has 2 amide bonds. The van der Waals surface area contributed by atoms with Crippen molar-refractivity contribution in [3.05, 3.63) is 58.1 Å². The van der Waals surface area contributed by atoms with Gasteiger partial charge in [-0.3, -0.25) is 29.5 Å². The van der Waals surface area contributed by atoms with Gasteiger partial charge in [-0.1, -0.05) is 0 Å². The van der Waals surface area contributed by atoms with Crippen LogP contribution in [0.4, 0.5) is 20.2 Å². The van der Waals surface area contributed by atoms with Crippen LogP contribution in [-0.2, 0) is 25.7 Å². The first-order valence-electron chi connectivity index (χ1n) is 19.4. The molecule has 0 aliphatic carbocycles. The van der Waals surface area contributed by atoms with Gasteiger partial charge in [0.25, 0.3) is 5.56 Å². The van der Waals surface area contributed by atoms with Gasteiger partial charge >= 0.3 is 0 Å². The third-order valence-corrected chi connectivity index (χ3v) is 11.8. The number of hydrogen-bond donors (Lipinski definition) is 3. The number of piperidine rings is 3. The van der Waals surface area contributed by atoms with Crippen LogP contribution in [-0.4, -0.2) is 115 Å². The van der Waals surface area contributed by atoms with Gasteiger partial charge in [0.05, 0.1) is 23.9 Å². The van der Waals surface area contributed by atoms with Gasteiger partial charge in [0.1, 0.15) is 41.2 Å². The van der Waals surface area contributed by atoms with Crippen molar-refractivity contribution in [2.24, 2.45) is 5.92 Å². The fourth-order valence-electron chi connectivity index (χ4n) is 8.51. The molecule has 2 aromatic carbocycles. The fourth-order valence-corrected chi connectivity index (χ4v) is 8.51. The van der Waals surface area contributed by atoms with E-state index in [1.807, 2.05) is 0 Å². The first kappa shape index (κ1) is 36.8. The molecule has 3 N–H and O–H groups in total. The summed E-state index contributed by atoms with van der Waals surface area (Å²) >= 11 is 0. The summed E-state index contributed by atoms with van der Waals surface area (Å²) in [4.78, 5) is 50.6. The molecule has 13 nitrogen and oxygen atoms in total. The van der Waals surface area contributed by atoms with E-state index >= 15 is 8.78 Å². The van der Waals surface area contributed by atoms with Crippen molar-refractivity contribution in [1.82, 2.24) is 25.1 Å². The van der Waals surface area contributed by atoms with E-state index in [-0.39, 0.29) is 47.7 Å². The number of carbonyl (C=O) groups is 2. The molecule has 54 heavy (non-hydrogen) atoms. The van der Waals surface area contributed by atoms with Crippen LogP contribution in [0.15, 0.2) is 35.1 Å². The van der Waals surface area contributed by atoms with Crippen LogP contribution < -0.4 is 25.8 Å². The molecule has 5 aliphatic rings. The summed E-state index contributed by atoms with van der Waals surface area (Å²) in [6.45, 7) is 7.59. The number of H-pyrrole nitrogens is 1. The van der Waals surface area contributed by atoms with Crippen LogP contribution in [0, 0.1) is 17.6 Å². The van der Waals surface area contributed by atoms with Gasteiger partial charge in [0.2, 0.25) is 11.8 Å². The zero-order valence-electron chi connectivity index (χ0n) is 30.5. The molecule has 5 saturated heterocycles. The van der Waals surface area contributed by atoms with Gasteiger partial charge in [-0.15, -0.1) is 0 Å². The Kier molecular flexibility index (Phi) is 11.1. The summed E-state index contributed by atoms with van der Waals surface area (Å²) in [5.74, 6) is -0.520. The Morgan fingerprint density at radius 3 is 2.39 bits per heavy atom. The van der Waals surface area contributed by atoms with E-state index in [0.29, 0.717) is 67.2 Å². The second-order valence-corrected chi connectivity index (χ2v) is 15.4. The number of benzene rings is 2. The molecular formula is C39H49F2N7O6. The first-order valence-corrected chi connectivity index (χ1v) is 19.4. The highest BCUT2D eigenvalue weighted by Crippen LogP contribution is 2.32. The first-order chi connectivity index (χ1) is 26.3. The summed E-state index contributed by atoms with van der Waals surface area (Å²) in [7, 11) is 0. The molecule has 0 unspecified atom stereocenters. The van der Waals surface area contributed by atoms with Crippen LogP contribution in [0.1, 0.15) is 57.2 Å². The molecule has 5 aliphatic heterocycles. The molecule has 0 bridgehead atoms. The Bertz CT molecular complexity index is 1880. The minimum Gasteiger partial charge on any atom is -0.493 e. The molecule has 6 heterocycles.